The summed E-state index contributed by atoms with van der Waals surface area (Å²) in [5.74, 6) is -0.834. The molecule has 0 unspecified atom stereocenters. The molecule has 0 radical (unpaired) electrons. The van der Waals surface area contributed by atoms with Crippen molar-refractivity contribution < 1.29 is 28.6 Å². The third-order valence-electron chi connectivity index (χ3n) is 5.27. The number of ether oxygens (including phenoxy) is 3. The number of nitrogens with one attached hydrogen (secondary N) is 1. The largest absolute Gasteiger partial charge is 0.497 e. The average Bonchev–Trinajstić information content (AvgIpc) is 3.15. The summed E-state index contributed by atoms with van der Waals surface area (Å²) in [6.45, 7) is 3.67. The van der Waals surface area contributed by atoms with E-state index in [1.54, 1.807) is 24.3 Å². The summed E-state index contributed by atoms with van der Waals surface area (Å²) in [5, 5.41) is 2.70. The molecule has 31 heavy (non-hydrogen) atoms. The second kappa shape index (κ2) is 9.51. The van der Waals surface area contributed by atoms with E-state index in [0.717, 1.165) is 11.1 Å². The summed E-state index contributed by atoms with van der Waals surface area (Å²) in [5.41, 5.74) is 3.36. The highest BCUT2D eigenvalue weighted by Gasteiger charge is 2.37. The van der Waals surface area contributed by atoms with Gasteiger partial charge in [-0.3, -0.25) is 14.4 Å². The minimum atomic E-state index is -0.659. The molecular formula is C23H26N2O6. The molecule has 2 aromatic rings. The number of hydrogen-bond donors (Lipinski definition) is 1. The second-order valence-electron chi connectivity index (χ2n) is 7.40. The standard InChI is InChI=1S/C23H26N2O6/c1-14-5-6-17(9-15(14)2)24-21(26)13-31-23(28)16-10-22(27)25(12-16)19-8-7-18(29-3)11-20(19)30-4/h5-9,11,16H,10,12-13H2,1-4H3,(H,24,26)/t16-/m1/s1. The van der Waals surface area contributed by atoms with E-state index in [0.29, 0.717) is 22.9 Å². The average molecular weight is 426 g/mol. The Hall–Kier alpha value is -3.55. The molecule has 0 spiro atoms. The number of esters is 1. The lowest BCUT2D eigenvalue weighted by Crippen LogP contribution is -2.28. The van der Waals surface area contributed by atoms with E-state index in [1.165, 1.54) is 19.1 Å². The van der Waals surface area contributed by atoms with Crippen LogP contribution in [0.3, 0.4) is 0 Å². The first-order chi connectivity index (χ1) is 14.8. The van der Waals surface area contributed by atoms with Crippen LogP contribution in [0.4, 0.5) is 11.4 Å². The van der Waals surface area contributed by atoms with E-state index in [4.69, 9.17) is 14.2 Å². The van der Waals surface area contributed by atoms with Crippen LogP contribution in [0.25, 0.3) is 0 Å². The number of benzene rings is 2. The van der Waals surface area contributed by atoms with E-state index in [-0.39, 0.29) is 18.9 Å². The fourth-order valence-corrected chi connectivity index (χ4v) is 3.38. The maximum atomic E-state index is 12.5. The highest BCUT2D eigenvalue weighted by Crippen LogP contribution is 2.36. The van der Waals surface area contributed by atoms with Crippen molar-refractivity contribution >= 4 is 29.2 Å². The Kier molecular flexibility index (Phi) is 6.79. The molecule has 1 saturated heterocycles. The van der Waals surface area contributed by atoms with Gasteiger partial charge in [0.05, 0.1) is 25.8 Å². The van der Waals surface area contributed by atoms with Crippen molar-refractivity contribution in [3.8, 4) is 11.5 Å². The Morgan fingerprint density at radius 3 is 2.52 bits per heavy atom. The summed E-state index contributed by atoms with van der Waals surface area (Å²) < 4.78 is 15.7. The number of anilines is 2. The number of carbonyl (C=O) groups excluding carboxylic acids is 3. The van der Waals surface area contributed by atoms with Gasteiger partial charge < -0.3 is 24.4 Å². The number of carbonyl (C=O) groups is 3. The molecule has 8 nitrogen and oxygen atoms in total. The lowest BCUT2D eigenvalue weighted by molar-refractivity contribution is -0.151. The van der Waals surface area contributed by atoms with E-state index < -0.39 is 24.4 Å². The Morgan fingerprint density at radius 2 is 1.84 bits per heavy atom. The van der Waals surface area contributed by atoms with Crippen LogP contribution in [-0.4, -0.2) is 45.2 Å². The quantitative estimate of drug-likeness (QED) is 0.685. The molecule has 0 aromatic heterocycles. The Morgan fingerprint density at radius 1 is 1.06 bits per heavy atom. The van der Waals surface area contributed by atoms with E-state index in [9.17, 15) is 14.4 Å². The van der Waals surface area contributed by atoms with E-state index >= 15 is 0 Å². The smallest absolute Gasteiger partial charge is 0.311 e. The molecule has 1 fully saturated rings. The van der Waals surface area contributed by atoms with Crippen LogP contribution in [0.5, 0.6) is 11.5 Å². The first-order valence-electron chi connectivity index (χ1n) is 9.88. The first kappa shape index (κ1) is 22.1. The Balaban J connectivity index is 1.58. The fraction of sp³-hybridized carbons (Fsp3) is 0.348. The van der Waals surface area contributed by atoms with Crippen molar-refractivity contribution in [1.29, 1.82) is 0 Å². The number of amides is 2. The van der Waals surface area contributed by atoms with Gasteiger partial charge in [-0.2, -0.15) is 0 Å². The normalized spacial score (nSPS) is 15.5. The van der Waals surface area contributed by atoms with Gasteiger partial charge in [0.1, 0.15) is 11.5 Å². The Bertz CT molecular complexity index is 1000. The van der Waals surface area contributed by atoms with E-state index in [2.05, 4.69) is 5.32 Å². The SMILES string of the molecule is COc1ccc(N2C[C@H](C(=O)OCC(=O)Nc3ccc(C)c(C)c3)CC2=O)c(OC)c1. The molecule has 2 amide bonds. The zero-order chi connectivity index (χ0) is 22.5. The maximum absolute atomic E-state index is 12.5. The molecule has 1 aliphatic heterocycles. The lowest BCUT2D eigenvalue weighted by Gasteiger charge is -2.20. The molecule has 1 N–H and O–H groups in total. The van der Waals surface area contributed by atoms with Gasteiger partial charge in [-0.05, 0) is 49.2 Å². The monoisotopic (exact) mass is 426 g/mol. The first-order valence-corrected chi connectivity index (χ1v) is 9.88. The van der Waals surface area contributed by atoms with Gasteiger partial charge in [-0.15, -0.1) is 0 Å². The lowest BCUT2D eigenvalue weighted by atomic mass is 10.1. The molecule has 0 saturated carbocycles. The maximum Gasteiger partial charge on any atom is 0.311 e. The van der Waals surface area contributed by atoms with Gasteiger partial charge in [-0.25, -0.2) is 0 Å². The van der Waals surface area contributed by atoms with Gasteiger partial charge in [0.2, 0.25) is 5.91 Å². The molecule has 1 heterocycles. The zero-order valence-corrected chi connectivity index (χ0v) is 18.1. The van der Waals surface area contributed by atoms with Crippen LogP contribution in [-0.2, 0) is 19.1 Å². The molecule has 0 bridgehead atoms. The third kappa shape index (κ3) is 5.14. The molecule has 1 aliphatic rings. The summed E-state index contributed by atoms with van der Waals surface area (Å²) in [7, 11) is 3.04. The molecule has 8 heteroatoms. The predicted octanol–water partition coefficient (Wildman–Crippen LogP) is 2.86. The van der Waals surface area contributed by atoms with Crippen LogP contribution in [0.15, 0.2) is 36.4 Å². The van der Waals surface area contributed by atoms with Crippen LogP contribution < -0.4 is 19.7 Å². The summed E-state index contributed by atoms with van der Waals surface area (Å²) >= 11 is 0. The molecule has 1 atom stereocenters. The van der Waals surface area contributed by atoms with Gasteiger partial charge in [0, 0.05) is 24.7 Å². The van der Waals surface area contributed by atoms with Crippen LogP contribution in [0.1, 0.15) is 17.5 Å². The minimum absolute atomic E-state index is 0.00674. The third-order valence-corrected chi connectivity index (χ3v) is 5.27. The van der Waals surface area contributed by atoms with Crippen molar-refractivity contribution in [3.05, 3.63) is 47.5 Å². The molecule has 2 aromatic carbocycles. The molecule has 3 rings (SSSR count). The summed E-state index contributed by atoms with van der Waals surface area (Å²) in [6, 6.07) is 10.6. The second-order valence-corrected chi connectivity index (χ2v) is 7.40. The number of nitrogens with zero attached hydrogens (tertiary/aromatic N) is 1. The summed E-state index contributed by atoms with van der Waals surface area (Å²) in [6.07, 6.45) is 0.00674. The van der Waals surface area contributed by atoms with Crippen molar-refractivity contribution in [2.75, 3.05) is 37.6 Å². The summed E-state index contributed by atoms with van der Waals surface area (Å²) in [4.78, 5) is 38.6. The number of aryl methyl sites for hydroxylation is 2. The van der Waals surface area contributed by atoms with Gasteiger partial charge in [0.15, 0.2) is 6.61 Å². The highest BCUT2D eigenvalue weighted by molar-refractivity contribution is 6.01. The van der Waals surface area contributed by atoms with Crippen LogP contribution in [0, 0.1) is 19.8 Å². The van der Waals surface area contributed by atoms with Crippen molar-refractivity contribution in [3.63, 3.8) is 0 Å². The molecular weight excluding hydrogens is 400 g/mol. The number of rotatable bonds is 7. The predicted molar refractivity (Wildman–Crippen MR) is 116 cm³/mol. The van der Waals surface area contributed by atoms with Gasteiger partial charge in [-0.1, -0.05) is 6.07 Å². The molecule has 0 aliphatic carbocycles. The van der Waals surface area contributed by atoms with E-state index in [1.807, 2.05) is 26.0 Å². The number of hydrogen-bond acceptors (Lipinski definition) is 6. The van der Waals surface area contributed by atoms with Crippen molar-refractivity contribution in [2.24, 2.45) is 5.92 Å². The van der Waals surface area contributed by atoms with Gasteiger partial charge in [0.25, 0.3) is 5.91 Å². The van der Waals surface area contributed by atoms with Crippen LogP contribution >= 0.6 is 0 Å². The highest BCUT2D eigenvalue weighted by atomic mass is 16.5. The fourth-order valence-electron chi connectivity index (χ4n) is 3.38. The topological polar surface area (TPSA) is 94.2 Å². The molecule has 164 valence electrons. The van der Waals surface area contributed by atoms with Crippen molar-refractivity contribution in [1.82, 2.24) is 0 Å². The van der Waals surface area contributed by atoms with Gasteiger partial charge >= 0.3 is 5.97 Å². The Labute approximate surface area is 181 Å². The van der Waals surface area contributed by atoms with Crippen molar-refractivity contribution in [2.45, 2.75) is 20.3 Å². The van der Waals surface area contributed by atoms with Crippen LogP contribution in [0.2, 0.25) is 0 Å². The number of methoxy groups -OCH3 is 2. The zero-order valence-electron chi connectivity index (χ0n) is 18.1. The minimum Gasteiger partial charge on any atom is -0.497 e.